The molecule has 1 amide bonds. The number of nitrogens with two attached hydrogens (primary N) is 2. The lowest BCUT2D eigenvalue weighted by Crippen LogP contribution is -2.49. The van der Waals surface area contributed by atoms with Gasteiger partial charge in [-0.2, -0.15) is 0 Å². The standard InChI is InChI=1S/C15H23N3O3/c1-10-4-6-11(7-5-10)9-13(15(20)21)18-14(19)12(17)3-2-8-16/h4-7,12-13H,2-3,8-9,16-17H2,1H3,(H,18,19)(H,20,21)/t12-,13+/m1/s1. The van der Waals surface area contributed by atoms with Crippen molar-refractivity contribution in [3.8, 4) is 0 Å². The fourth-order valence-corrected chi connectivity index (χ4v) is 1.91. The molecule has 0 radical (unpaired) electrons. The van der Waals surface area contributed by atoms with E-state index in [1.165, 1.54) is 0 Å². The number of nitrogens with one attached hydrogen (secondary N) is 1. The molecule has 0 saturated carbocycles. The summed E-state index contributed by atoms with van der Waals surface area (Å²) in [5.41, 5.74) is 13.0. The number of carboxylic acid groups (broad SMARTS) is 1. The molecule has 0 bridgehead atoms. The summed E-state index contributed by atoms with van der Waals surface area (Å²) >= 11 is 0. The van der Waals surface area contributed by atoms with Crippen LogP contribution in [0.15, 0.2) is 24.3 Å². The van der Waals surface area contributed by atoms with E-state index < -0.39 is 24.0 Å². The molecule has 6 N–H and O–H groups in total. The van der Waals surface area contributed by atoms with Crippen molar-refractivity contribution in [2.24, 2.45) is 11.5 Å². The molecule has 2 atom stereocenters. The van der Waals surface area contributed by atoms with E-state index in [0.29, 0.717) is 19.4 Å². The van der Waals surface area contributed by atoms with Crippen LogP contribution >= 0.6 is 0 Å². The van der Waals surface area contributed by atoms with Gasteiger partial charge in [0.1, 0.15) is 6.04 Å². The number of carbonyl (C=O) groups is 2. The molecular formula is C15H23N3O3. The van der Waals surface area contributed by atoms with Crippen LogP contribution in [0.2, 0.25) is 0 Å². The number of carboxylic acids is 1. The number of benzene rings is 1. The smallest absolute Gasteiger partial charge is 0.326 e. The Kier molecular flexibility index (Phi) is 6.84. The molecule has 1 aromatic carbocycles. The Hall–Kier alpha value is -1.92. The van der Waals surface area contributed by atoms with Crippen molar-refractivity contribution in [3.05, 3.63) is 35.4 Å². The number of hydrogen-bond donors (Lipinski definition) is 4. The van der Waals surface area contributed by atoms with Gasteiger partial charge in [0.25, 0.3) is 0 Å². The summed E-state index contributed by atoms with van der Waals surface area (Å²) in [5.74, 6) is -1.53. The second-order valence-electron chi connectivity index (χ2n) is 5.13. The molecule has 1 rings (SSSR count). The van der Waals surface area contributed by atoms with E-state index in [-0.39, 0.29) is 6.42 Å². The van der Waals surface area contributed by atoms with Crippen LogP contribution in [-0.2, 0) is 16.0 Å². The van der Waals surface area contributed by atoms with Gasteiger partial charge < -0.3 is 21.9 Å². The molecule has 6 nitrogen and oxygen atoms in total. The van der Waals surface area contributed by atoms with Gasteiger partial charge in [-0.1, -0.05) is 29.8 Å². The number of aryl methyl sites for hydroxylation is 1. The van der Waals surface area contributed by atoms with Crippen molar-refractivity contribution in [3.63, 3.8) is 0 Å². The Bertz CT molecular complexity index is 474. The highest BCUT2D eigenvalue weighted by Crippen LogP contribution is 2.07. The van der Waals surface area contributed by atoms with Gasteiger partial charge in [0, 0.05) is 6.42 Å². The first kappa shape index (κ1) is 17.1. The summed E-state index contributed by atoms with van der Waals surface area (Å²) in [5, 5.41) is 11.7. The highest BCUT2D eigenvalue weighted by atomic mass is 16.4. The summed E-state index contributed by atoms with van der Waals surface area (Å²) in [4.78, 5) is 23.1. The molecule has 0 unspecified atom stereocenters. The average molecular weight is 293 g/mol. The molecule has 0 aromatic heterocycles. The van der Waals surface area contributed by atoms with Gasteiger partial charge in [0.2, 0.25) is 5.91 Å². The zero-order chi connectivity index (χ0) is 15.8. The second-order valence-corrected chi connectivity index (χ2v) is 5.13. The molecule has 116 valence electrons. The normalized spacial score (nSPS) is 13.5. The van der Waals surface area contributed by atoms with E-state index in [9.17, 15) is 14.7 Å². The first-order chi connectivity index (χ1) is 9.93. The van der Waals surface area contributed by atoms with Crippen molar-refractivity contribution in [2.75, 3.05) is 6.54 Å². The zero-order valence-corrected chi connectivity index (χ0v) is 12.2. The molecule has 1 aromatic rings. The highest BCUT2D eigenvalue weighted by Gasteiger charge is 2.23. The third-order valence-electron chi connectivity index (χ3n) is 3.23. The third kappa shape index (κ3) is 5.93. The highest BCUT2D eigenvalue weighted by molar-refractivity contribution is 5.86. The van der Waals surface area contributed by atoms with Gasteiger partial charge in [-0.15, -0.1) is 0 Å². The van der Waals surface area contributed by atoms with Crippen LogP contribution in [0.5, 0.6) is 0 Å². The van der Waals surface area contributed by atoms with Crippen molar-refractivity contribution >= 4 is 11.9 Å². The molecule has 0 saturated heterocycles. The fraction of sp³-hybridized carbons (Fsp3) is 0.467. The minimum atomic E-state index is -1.07. The Morgan fingerprint density at radius 2 is 1.90 bits per heavy atom. The lowest BCUT2D eigenvalue weighted by molar-refractivity contribution is -0.142. The summed E-state index contributed by atoms with van der Waals surface area (Å²) in [6.45, 7) is 2.41. The number of amides is 1. The van der Waals surface area contributed by atoms with Gasteiger partial charge in [0.05, 0.1) is 6.04 Å². The van der Waals surface area contributed by atoms with Crippen LogP contribution < -0.4 is 16.8 Å². The van der Waals surface area contributed by atoms with E-state index in [1.807, 2.05) is 31.2 Å². The van der Waals surface area contributed by atoms with Gasteiger partial charge in [-0.25, -0.2) is 4.79 Å². The lowest BCUT2D eigenvalue weighted by Gasteiger charge is -2.18. The molecule has 0 heterocycles. The van der Waals surface area contributed by atoms with Gasteiger partial charge >= 0.3 is 5.97 Å². The first-order valence-corrected chi connectivity index (χ1v) is 6.98. The number of hydrogen-bond acceptors (Lipinski definition) is 4. The fourth-order valence-electron chi connectivity index (χ4n) is 1.91. The van der Waals surface area contributed by atoms with Crippen LogP contribution in [0.25, 0.3) is 0 Å². The van der Waals surface area contributed by atoms with E-state index >= 15 is 0 Å². The van der Waals surface area contributed by atoms with Crippen LogP contribution in [0.1, 0.15) is 24.0 Å². The SMILES string of the molecule is Cc1ccc(C[C@H](NC(=O)[C@H](N)CCCN)C(=O)O)cc1. The van der Waals surface area contributed by atoms with Crippen molar-refractivity contribution < 1.29 is 14.7 Å². The minimum absolute atomic E-state index is 0.227. The summed E-state index contributed by atoms with van der Waals surface area (Å²) in [7, 11) is 0. The Morgan fingerprint density at radius 3 is 2.43 bits per heavy atom. The van der Waals surface area contributed by atoms with E-state index in [0.717, 1.165) is 11.1 Å². The first-order valence-electron chi connectivity index (χ1n) is 6.98. The maximum atomic E-state index is 11.9. The Labute approximate surface area is 124 Å². The second kappa shape index (κ2) is 8.39. The van der Waals surface area contributed by atoms with Gasteiger partial charge in [0.15, 0.2) is 0 Å². The summed E-state index contributed by atoms with van der Waals surface area (Å²) in [6, 6.07) is 5.81. The maximum Gasteiger partial charge on any atom is 0.326 e. The van der Waals surface area contributed by atoms with Crippen LogP contribution in [0.3, 0.4) is 0 Å². The van der Waals surface area contributed by atoms with Crippen molar-refractivity contribution in [2.45, 2.75) is 38.3 Å². The maximum absolute atomic E-state index is 11.9. The van der Waals surface area contributed by atoms with Gasteiger partial charge in [-0.05, 0) is 31.9 Å². The van der Waals surface area contributed by atoms with Crippen molar-refractivity contribution in [1.29, 1.82) is 0 Å². The summed E-state index contributed by atoms with van der Waals surface area (Å²) in [6.07, 6.45) is 1.30. The molecule has 0 aliphatic rings. The molecule has 0 fully saturated rings. The van der Waals surface area contributed by atoms with E-state index in [1.54, 1.807) is 0 Å². The Balaban J connectivity index is 2.63. The number of carbonyl (C=O) groups excluding carboxylic acids is 1. The van der Waals surface area contributed by atoms with Crippen LogP contribution in [-0.4, -0.2) is 35.6 Å². The molecule has 0 aliphatic carbocycles. The van der Waals surface area contributed by atoms with Crippen molar-refractivity contribution in [1.82, 2.24) is 5.32 Å². The minimum Gasteiger partial charge on any atom is -0.480 e. The zero-order valence-electron chi connectivity index (χ0n) is 12.2. The van der Waals surface area contributed by atoms with E-state index in [4.69, 9.17) is 11.5 Å². The molecule has 6 heteroatoms. The van der Waals surface area contributed by atoms with Crippen LogP contribution in [0, 0.1) is 6.92 Å². The lowest BCUT2D eigenvalue weighted by atomic mass is 10.0. The third-order valence-corrected chi connectivity index (χ3v) is 3.23. The van der Waals surface area contributed by atoms with Gasteiger partial charge in [-0.3, -0.25) is 4.79 Å². The largest absolute Gasteiger partial charge is 0.480 e. The predicted molar refractivity (Wildman–Crippen MR) is 80.7 cm³/mol. The Morgan fingerprint density at radius 1 is 1.29 bits per heavy atom. The summed E-state index contributed by atoms with van der Waals surface area (Å²) < 4.78 is 0. The number of rotatable bonds is 8. The molecule has 0 aliphatic heterocycles. The predicted octanol–water partition coefficient (Wildman–Crippen LogP) is 0.173. The quantitative estimate of drug-likeness (QED) is 0.545. The van der Waals surface area contributed by atoms with Crippen LogP contribution in [0.4, 0.5) is 0 Å². The molecular weight excluding hydrogens is 270 g/mol. The monoisotopic (exact) mass is 293 g/mol. The number of aliphatic carboxylic acids is 1. The average Bonchev–Trinajstić information content (AvgIpc) is 2.45. The topological polar surface area (TPSA) is 118 Å². The molecule has 0 spiro atoms. The molecule has 21 heavy (non-hydrogen) atoms. The van der Waals surface area contributed by atoms with E-state index in [2.05, 4.69) is 5.32 Å².